The van der Waals surface area contributed by atoms with Gasteiger partial charge in [0.15, 0.2) is 0 Å². The van der Waals surface area contributed by atoms with Gasteiger partial charge in [0.2, 0.25) is 0 Å². The molecule has 1 saturated heterocycles. The highest BCUT2D eigenvalue weighted by molar-refractivity contribution is 5.74. The zero-order chi connectivity index (χ0) is 17.5. The van der Waals surface area contributed by atoms with Crippen molar-refractivity contribution in [1.82, 2.24) is 24.9 Å². The number of urea groups is 1. The third-order valence-corrected chi connectivity index (χ3v) is 4.20. The molecule has 7 heteroatoms. The number of ether oxygens (including phenoxy) is 1. The molecule has 0 aliphatic carbocycles. The third-order valence-electron chi connectivity index (χ3n) is 4.20. The molecule has 0 unspecified atom stereocenters. The fourth-order valence-electron chi connectivity index (χ4n) is 2.87. The van der Waals surface area contributed by atoms with Crippen molar-refractivity contribution in [3.63, 3.8) is 0 Å². The Morgan fingerprint density at radius 3 is 2.96 bits per heavy atom. The van der Waals surface area contributed by atoms with E-state index >= 15 is 0 Å². The van der Waals surface area contributed by atoms with Crippen molar-refractivity contribution in [1.29, 1.82) is 0 Å². The summed E-state index contributed by atoms with van der Waals surface area (Å²) in [4.78, 5) is 16.2. The maximum atomic E-state index is 12.5. The van der Waals surface area contributed by atoms with Crippen LogP contribution >= 0.6 is 0 Å². The van der Waals surface area contributed by atoms with E-state index in [0.29, 0.717) is 13.1 Å². The van der Waals surface area contributed by atoms with Crippen molar-refractivity contribution < 1.29 is 9.53 Å². The quantitative estimate of drug-likeness (QED) is 0.752. The van der Waals surface area contributed by atoms with E-state index in [1.165, 1.54) is 0 Å². The van der Waals surface area contributed by atoms with E-state index in [4.69, 9.17) is 11.2 Å². The summed E-state index contributed by atoms with van der Waals surface area (Å²) in [7, 11) is 5.84. The zero-order valence-corrected chi connectivity index (χ0v) is 14.7. The van der Waals surface area contributed by atoms with Gasteiger partial charge >= 0.3 is 6.03 Å². The van der Waals surface area contributed by atoms with E-state index < -0.39 is 0 Å². The van der Waals surface area contributed by atoms with Gasteiger partial charge in [0, 0.05) is 38.5 Å². The first-order valence-electron chi connectivity index (χ1n) is 8.24. The molecule has 1 fully saturated rings. The van der Waals surface area contributed by atoms with Crippen molar-refractivity contribution in [2.45, 2.75) is 25.0 Å². The first-order valence-corrected chi connectivity index (χ1v) is 8.24. The van der Waals surface area contributed by atoms with Crippen LogP contribution in [0.25, 0.3) is 0 Å². The summed E-state index contributed by atoms with van der Waals surface area (Å²) in [6.07, 6.45) is 11.3. The first kappa shape index (κ1) is 18.3. The van der Waals surface area contributed by atoms with E-state index in [-0.39, 0.29) is 24.7 Å². The van der Waals surface area contributed by atoms with E-state index in [1.807, 2.05) is 33.5 Å². The Morgan fingerprint density at radius 2 is 2.42 bits per heavy atom. The molecule has 1 aromatic rings. The maximum absolute atomic E-state index is 12.5. The largest absolute Gasteiger partial charge is 0.376 e. The number of amides is 2. The van der Waals surface area contributed by atoms with Crippen LogP contribution in [0.4, 0.5) is 4.79 Å². The fraction of sp³-hybridized carbons (Fsp3) is 0.647. The van der Waals surface area contributed by atoms with Gasteiger partial charge in [-0.2, -0.15) is 5.10 Å². The van der Waals surface area contributed by atoms with Crippen LogP contribution in [0.3, 0.4) is 0 Å². The number of likely N-dealkylation sites (N-methyl/N-ethyl adjacent to an activating group) is 1. The molecule has 24 heavy (non-hydrogen) atoms. The van der Waals surface area contributed by atoms with E-state index in [0.717, 1.165) is 25.0 Å². The van der Waals surface area contributed by atoms with Crippen LogP contribution in [0.2, 0.25) is 0 Å². The lowest BCUT2D eigenvalue weighted by Crippen LogP contribution is -2.46. The van der Waals surface area contributed by atoms with Gasteiger partial charge in [0.25, 0.3) is 0 Å². The Labute approximate surface area is 143 Å². The lowest BCUT2D eigenvalue weighted by Gasteiger charge is -2.27. The van der Waals surface area contributed by atoms with Crippen LogP contribution in [0, 0.1) is 12.3 Å². The Bertz CT molecular complexity index is 572. The maximum Gasteiger partial charge on any atom is 0.318 e. The molecule has 0 saturated carbocycles. The Morgan fingerprint density at radius 1 is 1.62 bits per heavy atom. The van der Waals surface area contributed by atoms with Gasteiger partial charge in [0.05, 0.1) is 24.9 Å². The smallest absolute Gasteiger partial charge is 0.318 e. The number of hydrogen-bond donors (Lipinski definition) is 1. The van der Waals surface area contributed by atoms with Gasteiger partial charge in [-0.25, -0.2) is 4.79 Å². The monoisotopic (exact) mass is 333 g/mol. The second kappa shape index (κ2) is 8.71. The predicted molar refractivity (Wildman–Crippen MR) is 92.4 cm³/mol. The van der Waals surface area contributed by atoms with Crippen molar-refractivity contribution >= 4 is 6.03 Å². The number of nitrogens with one attached hydrogen (secondary N) is 1. The molecular weight excluding hydrogens is 306 g/mol. The standard InChI is InChI=1S/C17H27N5O2/c1-5-8-22(13-15-7-6-9-24-15)17(23)18-11-16(20(2)3)14-10-19-21(4)12-14/h1,10,12,15-16H,6-9,11,13H2,2-4H3,(H,18,23)/t15-,16-/m1/s1. The Hall–Kier alpha value is -2.04. The molecule has 1 aliphatic rings. The van der Waals surface area contributed by atoms with Gasteiger partial charge in [-0.05, 0) is 26.9 Å². The van der Waals surface area contributed by atoms with Crippen molar-refractivity contribution in [2.75, 3.05) is 40.3 Å². The Balaban J connectivity index is 1.93. The van der Waals surface area contributed by atoms with Gasteiger partial charge in [-0.3, -0.25) is 4.68 Å². The van der Waals surface area contributed by atoms with Crippen molar-refractivity contribution in [3.05, 3.63) is 18.0 Å². The van der Waals surface area contributed by atoms with Gasteiger partial charge in [-0.1, -0.05) is 5.92 Å². The summed E-state index contributed by atoms with van der Waals surface area (Å²) in [6, 6.07) is -0.0998. The number of hydrogen-bond acceptors (Lipinski definition) is 4. The molecule has 1 aliphatic heterocycles. The van der Waals surface area contributed by atoms with Gasteiger partial charge in [0.1, 0.15) is 0 Å². The normalized spacial score (nSPS) is 18.4. The SMILES string of the molecule is C#CCN(C[C@H]1CCCO1)C(=O)NC[C@H](c1cnn(C)c1)N(C)C. The summed E-state index contributed by atoms with van der Waals surface area (Å²) in [6.45, 7) is 2.07. The molecule has 1 aromatic heterocycles. The lowest BCUT2D eigenvalue weighted by molar-refractivity contribution is 0.0843. The van der Waals surface area contributed by atoms with Crippen molar-refractivity contribution in [2.24, 2.45) is 7.05 Å². The minimum absolute atomic E-state index is 0.0538. The average molecular weight is 333 g/mol. The zero-order valence-electron chi connectivity index (χ0n) is 14.7. The number of carbonyl (C=O) groups is 1. The number of carbonyl (C=O) groups excluding carboxylic acids is 1. The molecule has 0 aromatic carbocycles. The molecular formula is C17H27N5O2. The summed E-state index contributed by atoms with van der Waals surface area (Å²) in [5, 5.41) is 7.19. The minimum atomic E-state index is -0.154. The number of terminal acetylenes is 1. The highest BCUT2D eigenvalue weighted by Gasteiger charge is 2.23. The summed E-state index contributed by atoms with van der Waals surface area (Å²) in [5.74, 6) is 2.55. The molecule has 1 N–H and O–H groups in total. The fourth-order valence-corrected chi connectivity index (χ4v) is 2.87. The van der Waals surface area contributed by atoms with Gasteiger partial charge in [-0.15, -0.1) is 6.42 Å². The molecule has 2 amide bonds. The van der Waals surface area contributed by atoms with Crippen LogP contribution in [0.1, 0.15) is 24.4 Å². The number of aromatic nitrogens is 2. The molecule has 2 heterocycles. The Kier molecular flexibility index (Phi) is 6.64. The topological polar surface area (TPSA) is 62.6 Å². The lowest BCUT2D eigenvalue weighted by atomic mass is 10.1. The molecule has 0 spiro atoms. The minimum Gasteiger partial charge on any atom is -0.376 e. The average Bonchev–Trinajstić information content (AvgIpc) is 3.18. The van der Waals surface area contributed by atoms with Crippen LogP contribution in [-0.4, -0.2) is 72.1 Å². The van der Waals surface area contributed by atoms with Crippen LogP contribution in [-0.2, 0) is 11.8 Å². The molecule has 0 bridgehead atoms. The summed E-state index contributed by atoms with van der Waals surface area (Å²) in [5.41, 5.74) is 1.06. The molecule has 132 valence electrons. The highest BCUT2D eigenvalue weighted by atomic mass is 16.5. The molecule has 2 rings (SSSR count). The van der Waals surface area contributed by atoms with Crippen LogP contribution < -0.4 is 5.32 Å². The first-order chi connectivity index (χ1) is 11.5. The number of aryl methyl sites for hydroxylation is 1. The number of nitrogens with zero attached hydrogens (tertiary/aromatic N) is 4. The van der Waals surface area contributed by atoms with Crippen LogP contribution in [0.15, 0.2) is 12.4 Å². The van der Waals surface area contributed by atoms with Gasteiger partial charge < -0.3 is 19.9 Å². The predicted octanol–water partition coefficient (Wildman–Crippen LogP) is 0.847. The highest BCUT2D eigenvalue weighted by Crippen LogP contribution is 2.17. The molecule has 2 atom stereocenters. The molecule has 7 nitrogen and oxygen atoms in total. The molecule has 0 radical (unpaired) electrons. The van der Waals surface area contributed by atoms with Crippen LogP contribution in [0.5, 0.6) is 0 Å². The summed E-state index contributed by atoms with van der Waals surface area (Å²) < 4.78 is 7.37. The van der Waals surface area contributed by atoms with Crippen molar-refractivity contribution in [3.8, 4) is 12.3 Å². The second-order valence-electron chi connectivity index (χ2n) is 6.33. The van der Waals surface area contributed by atoms with E-state index in [2.05, 4.69) is 21.2 Å². The number of rotatable bonds is 7. The van der Waals surface area contributed by atoms with E-state index in [1.54, 1.807) is 9.58 Å². The summed E-state index contributed by atoms with van der Waals surface area (Å²) >= 11 is 0. The second-order valence-corrected chi connectivity index (χ2v) is 6.33. The van der Waals surface area contributed by atoms with E-state index in [9.17, 15) is 4.79 Å². The third kappa shape index (κ3) is 4.98.